The summed E-state index contributed by atoms with van der Waals surface area (Å²) in [6, 6.07) is 0. The molecule has 0 radical (unpaired) electrons. The Morgan fingerprint density at radius 1 is 1.41 bits per heavy atom. The molecule has 1 aromatic rings. The van der Waals surface area contributed by atoms with Gasteiger partial charge in [-0.3, -0.25) is 4.98 Å². The van der Waals surface area contributed by atoms with E-state index in [0.29, 0.717) is 24.3 Å². The minimum absolute atomic E-state index is 0.0959. The van der Waals surface area contributed by atoms with E-state index in [1.807, 2.05) is 13.8 Å². The molecule has 1 N–H and O–H groups in total. The fourth-order valence-corrected chi connectivity index (χ4v) is 1.76. The summed E-state index contributed by atoms with van der Waals surface area (Å²) in [4.78, 5) is 8.30. The van der Waals surface area contributed by atoms with Gasteiger partial charge in [0, 0.05) is 12.5 Å². The molecule has 94 valence electrons. The number of aromatic nitrogens is 2. The van der Waals surface area contributed by atoms with Crippen molar-refractivity contribution >= 4 is 0 Å². The summed E-state index contributed by atoms with van der Waals surface area (Å²) in [5, 5.41) is 3.31. The Bertz CT molecular complexity index is 351. The van der Waals surface area contributed by atoms with Gasteiger partial charge in [-0.15, -0.1) is 0 Å². The first-order valence-corrected chi connectivity index (χ1v) is 6.06. The number of ether oxygens (including phenoxy) is 2. The van der Waals surface area contributed by atoms with E-state index >= 15 is 0 Å². The van der Waals surface area contributed by atoms with Gasteiger partial charge in [-0.25, -0.2) is 0 Å². The maximum atomic E-state index is 5.62. The summed E-state index contributed by atoms with van der Waals surface area (Å²) in [6.45, 7) is 6.71. The van der Waals surface area contributed by atoms with Gasteiger partial charge in [0.15, 0.2) is 0 Å². The van der Waals surface area contributed by atoms with Crippen LogP contribution in [0.2, 0.25) is 0 Å². The highest BCUT2D eigenvalue weighted by atomic mass is 16.5. The zero-order valence-electron chi connectivity index (χ0n) is 10.3. The molecule has 1 atom stereocenters. The van der Waals surface area contributed by atoms with E-state index in [1.54, 1.807) is 12.4 Å². The van der Waals surface area contributed by atoms with E-state index in [0.717, 1.165) is 19.5 Å². The smallest absolute Gasteiger partial charge is 0.235 e. The van der Waals surface area contributed by atoms with Crippen LogP contribution in [0, 0.1) is 5.92 Å². The van der Waals surface area contributed by atoms with Crippen molar-refractivity contribution in [2.45, 2.75) is 26.4 Å². The molecule has 1 aliphatic heterocycles. The summed E-state index contributed by atoms with van der Waals surface area (Å²) >= 11 is 0. The molecular formula is C12H19N3O2. The van der Waals surface area contributed by atoms with Crippen molar-refractivity contribution < 1.29 is 9.47 Å². The van der Waals surface area contributed by atoms with Crippen LogP contribution >= 0.6 is 0 Å². The summed E-state index contributed by atoms with van der Waals surface area (Å²) in [5.41, 5.74) is 0. The van der Waals surface area contributed by atoms with E-state index in [2.05, 4.69) is 15.3 Å². The van der Waals surface area contributed by atoms with Crippen molar-refractivity contribution in [1.82, 2.24) is 15.3 Å². The lowest BCUT2D eigenvalue weighted by atomic mass is 10.1. The molecule has 0 bridgehead atoms. The second-order valence-electron chi connectivity index (χ2n) is 4.53. The molecule has 0 aliphatic carbocycles. The van der Waals surface area contributed by atoms with E-state index in [-0.39, 0.29) is 6.10 Å². The molecule has 5 heteroatoms. The van der Waals surface area contributed by atoms with Crippen LogP contribution in [0.4, 0.5) is 0 Å². The topological polar surface area (TPSA) is 56.3 Å². The van der Waals surface area contributed by atoms with Crippen LogP contribution in [0.15, 0.2) is 12.4 Å². The van der Waals surface area contributed by atoms with Crippen molar-refractivity contribution in [3.8, 4) is 11.8 Å². The van der Waals surface area contributed by atoms with Gasteiger partial charge in [-0.05, 0) is 26.8 Å². The van der Waals surface area contributed by atoms with Crippen LogP contribution in [-0.4, -0.2) is 35.8 Å². The largest absolute Gasteiger partial charge is 0.476 e. The molecule has 0 aromatic carbocycles. The normalized spacial score (nSPS) is 19.6. The highest BCUT2D eigenvalue weighted by molar-refractivity contribution is 5.12. The lowest BCUT2D eigenvalue weighted by Crippen LogP contribution is -2.16. The summed E-state index contributed by atoms with van der Waals surface area (Å²) in [7, 11) is 0. The fourth-order valence-electron chi connectivity index (χ4n) is 1.76. The predicted molar refractivity (Wildman–Crippen MR) is 64.3 cm³/mol. The summed E-state index contributed by atoms with van der Waals surface area (Å²) in [6.07, 6.45) is 4.48. The third-order valence-corrected chi connectivity index (χ3v) is 2.58. The lowest BCUT2D eigenvalue weighted by molar-refractivity contribution is 0.217. The maximum absolute atomic E-state index is 5.62. The Morgan fingerprint density at radius 3 is 2.94 bits per heavy atom. The van der Waals surface area contributed by atoms with E-state index in [1.165, 1.54) is 0 Å². The van der Waals surface area contributed by atoms with Crippen LogP contribution in [0.5, 0.6) is 11.8 Å². The first kappa shape index (κ1) is 12.1. The predicted octanol–water partition coefficient (Wildman–Crippen LogP) is 1.25. The van der Waals surface area contributed by atoms with Gasteiger partial charge in [-0.1, -0.05) is 0 Å². The van der Waals surface area contributed by atoms with Gasteiger partial charge in [0.1, 0.15) is 0 Å². The molecular weight excluding hydrogens is 218 g/mol. The third kappa shape index (κ3) is 3.85. The Labute approximate surface area is 102 Å². The minimum Gasteiger partial charge on any atom is -0.476 e. The SMILES string of the molecule is CC(C)Oc1cncc(OCC2CCNC2)n1. The molecule has 1 fully saturated rings. The lowest BCUT2D eigenvalue weighted by Gasteiger charge is -2.11. The molecule has 5 nitrogen and oxygen atoms in total. The van der Waals surface area contributed by atoms with Crippen LogP contribution in [0.3, 0.4) is 0 Å². The zero-order valence-corrected chi connectivity index (χ0v) is 10.3. The van der Waals surface area contributed by atoms with Gasteiger partial charge in [0.05, 0.1) is 25.1 Å². The molecule has 17 heavy (non-hydrogen) atoms. The van der Waals surface area contributed by atoms with Crippen molar-refractivity contribution in [2.75, 3.05) is 19.7 Å². The average molecular weight is 237 g/mol. The Kier molecular flexibility index (Phi) is 4.14. The zero-order chi connectivity index (χ0) is 12.1. The number of nitrogens with one attached hydrogen (secondary N) is 1. The van der Waals surface area contributed by atoms with Crippen LogP contribution < -0.4 is 14.8 Å². The molecule has 0 saturated carbocycles. The van der Waals surface area contributed by atoms with Gasteiger partial charge >= 0.3 is 0 Å². The second-order valence-corrected chi connectivity index (χ2v) is 4.53. The molecule has 0 spiro atoms. The standard InChI is InChI=1S/C12H19N3O2/c1-9(2)17-12-7-14-6-11(15-12)16-8-10-3-4-13-5-10/h6-7,9-10,13H,3-5,8H2,1-2H3. The van der Waals surface area contributed by atoms with E-state index in [4.69, 9.17) is 9.47 Å². The molecule has 1 aliphatic rings. The molecule has 2 rings (SSSR count). The number of nitrogens with zero attached hydrogens (tertiary/aromatic N) is 2. The van der Waals surface area contributed by atoms with Gasteiger partial charge in [-0.2, -0.15) is 4.98 Å². The number of rotatable bonds is 5. The van der Waals surface area contributed by atoms with E-state index in [9.17, 15) is 0 Å². The maximum Gasteiger partial charge on any atom is 0.235 e. The molecule has 1 aromatic heterocycles. The first-order valence-electron chi connectivity index (χ1n) is 6.06. The Balaban J connectivity index is 1.86. The molecule has 0 amide bonds. The summed E-state index contributed by atoms with van der Waals surface area (Å²) < 4.78 is 11.1. The Hall–Kier alpha value is -1.36. The highest BCUT2D eigenvalue weighted by Gasteiger charge is 2.15. The quantitative estimate of drug-likeness (QED) is 0.835. The number of hydrogen-bond donors (Lipinski definition) is 1. The minimum atomic E-state index is 0.0959. The molecule has 1 saturated heterocycles. The average Bonchev–Trinajstić information content (AvgIpc) is 2.79. The van der Waals surface area contributed by atoms with Crippen molar-refractivity contribution in [2.24, 2.45) is 5.92 Å². The van der Waals surface area contributed by atoms with Crippen LogP contribution in [0.25, 0.3) is 0 Å². The fraction of sp³-hybridized carbons (Fsp3) is 0.667. The molecule has 2 heterocycles. The Morgan fingerprint density at radius 2 is 2.24 bits per heavy atom. The van der Waals surface area contributed by atoms with Crippen LogP contribution in [-0.2, 0) is 0 Å². The van der Waals surface area contributed by atoms with Gasteiger partial charge < -0.3 is 14.8 Å². The number of hydrogen-bond acceptors (Lipinski definition) is 5. The van der Waals surface area contributed by atoms with Crippen molar-refractivity contribution in [1.29, 1.82) is 0 Å². The van der Waals surface area contributed by atoms with Crippen LogP contribution in [0.1, 0.15) is 20.3 Å². The third-order valence-electron chi connectivity index (χ3n) is 2.58. The highest BCUT2D eigenvalue weighted by Crippen LogP contribution is 2.15. The second kappa shape index (κ2) is 5.82. The van der Waals surface area contributed by atoms with Crippen molar-refractivity contribution in [3.05, 3.63) is 12.4 Å². The molecule has 1 unspecified atom stereocenters. The summed E-state index contributed by atoms with van der Waals surface area (Å²) in [5.74, 6) is 1.63. The van der Waals surface area contributed by atoms with Gasteiger partial charge in [0.25, 0.3) is 0 Å². The van der Waals surface area contributed by atoms with Gasteiger partial charge in [0.2, 0.25) is 11.8 Å². The first-order chi connectivity index (χ1) is 8.24. The van der Waals surface area contributed by atoms with Crippen molar-refractivity contribution in [3.63, 3.8) is 0 Å². The van der Waals surface area contributed by atoms with E-state index < -0.39 is 0 Å². The monoisotopic (exact) mass is 237 g/mol.